The van der Waals surface area contributed by atoms with Gasteiger partial charge in [-0.05, 0) is 43.4 Å². The lowest BCUT2D eigenvalue weighted by Crippen LogP contribution is -2.22. The Morgan fingerprint density at radius 1 is 1.38 bits per heavy atom. The molecule has 2 rings (SSSR count). The number of nitrogens with two attached hydrogens (primary N) is 1. The highest BCUT2D eigenvalue weighted by atomic mass is 35.5. The van der Waals surface area contributed by atoms with Crippen molar-refractivity contribution in [1.82, 2.24) is 0 Å². The van der Waals surface area contributed by atoms with Gasteiger partial charge in [-0.15, -0.1) is 0 Å². The van der Waals surface area contributed by atoms with Crippen LogP contribution in [0.3, 0.4) is 0 Å². The first-order chi connectivity index (χ1) is 7.50. The first-order valence-electron chi connectivity index (χ1n) is 5.75. The van der Waals surface area contributed by atoms with E-state index < -0.39 is 0 Å². The Labute approximate surface area is 102 Å². The summed E-state index contributed by atoms with van der Waals surface area (Å²) in [7, 11) is 4.00. The number of aryl methyl sites for hydroxylation is 1. The number of nitrogens with zero attached hydrogens (tertiary/aromatic N) is 1. The van der Waals surface area contributed by atoms with Gasteiger partial charge in [0.25, 0.3) is 0 Å². The Kier molecular flexibility index (Phi) is 3.13. The highest BCUT2D eigenvalue weighted by Gasteiger charge is 2.37. The van der Waals surface area contributed by atoms with Crippen LogP contribution in [0.4, 0.5) is 5.69 Å². The minimum absolute atomic E-state index is 0.132. The van der Waals surface area contributed by atoms with E-state index in [-0.39, 0.29) is 5.54 Å². The zero-order valence-corrected chi connectivity index (χ0v) is 10.7. The van der Waals surface area contributed by atoms with E-state index in [1.807, 2.05) is 19.0 Å². The normalized spacial score (nSPS) is 17.2. The predicted octanol–water partition coefficient (Wildman–Crippen LogP) is 2.83. The maximum absolute atomic E-state index is 6.22. The van der Waals surface area contributed by atoms with E-state index >= 15 is 0 Å². The van der Waals surface area contributed by atoms with E-state index in [0.29, 0.717) is 0 Å². The fourth-order valence-electron chi connectivity index (χ4n) is 1.87. The van der Waals surface area contributed by atoms with Crippen LogP contribution in [0, 0.1) is 0 Å². The van der Waals surface area contributed by atoms with Crippen LogP contribution in [-0.4, -0.2) is 19.6 Å². The van der Waals surface area contributed by atoms with Crippen molar-refractivity contribution in [3.63, 3.8) is 0 Å². The molecule has 0 radical (unpaired) electrons. The molecule has 1 saturated carbocycles. The van der Waals surface area contributed by atoms with Gasteiger partial charge < -0.3 is 10.6 Å². The van der Waals surface area contributed by atoms with Crippen molar-refractivity contribution in [2.75, 3.05) is 19.0 Å². The Balaban J connectivity index is 2.03. The number of halogens is 1. The van der Waals surface area contributed by atoms with Crippen molar-refractivity contribution in [3.8, 4) is 0 Å². The van der Waals surface area contributed by atoms with Crippen molar-refractivity contribution in [2.24, 2.45) is 5.73 Å². The van der Waals surface area contributed by atoms with Crippen LogP contribution in [0.15, 0.2) is 18.2 Å². The van der Waals surface area contributed by atoms with Gasteiger partial charge in [-0.2, -0.15) is 0 Å². The van der Waals surface area contributed by atoms with E-state index in [9.17, 15) is 0 Å². The minimum Gasteiger partial charge on any atom is -0.376 e. The molecular weight excluding hydrogens is 220 g/mol. The van der Waals surface area contributed by atoms with Gasteiger partial charge in [0, 0.05) is 19.6 Å². The van der Waals surface area contributed by atoms with E-state index in [1.165, 1.54) is 18.4 Å². The maximum Gasteiger partial charge on any atom is 0.0642 e. The lowest BCUT2D eigenvalue weighted by atomic mass is 10.0. The molecule has 0 aromatic heterocycles. The lowest BCUT2D eigenvalue weighted by molar-refractivity contribution is 0.609. The smallest absolute Gasteiger partial charge is 0.0642 e. The summed E-state index contributed by atoms with van der Waals surface area (Å²) in [6.45, 7) is 0. The summed E-state index contributed by atoms with van der Waals surface area (Å²) < 4.78 is 0. The standard InChI is InChI=1S/C13H19ClN2/c1-16(2)12-4-3-10(9-11(12)14)5-6-13(15)7-8-13/h3-4,9H,5-8,15H2,1-2H3. The lowest BCUT2D eigenvalue weighted by Gasteiger charge is -2.15. The van der Waals surface area contributed by atoms with Crippen LogP contribution in [0.5, 0.6) is 0 Å². The van der Waals surface area contributed by atoms with Gasteiger partial charge in [0.05, 0.1) is 10.7 Å². The second-order valence-corrected chi connectivity index (χ2v) is 5.45. The monoisotopic (exact) mass is 238 g/mol. The molecule has 0 aliphatic heterocycles. The molecule has 1 fully saturated rings. The number of anilines is 1. The molecule has 1 aromatic rings. The van der Waals surface area contributed by atoms with E-state index in [0.717, 1.165) is 23.6 Å². The van der Waals surface area contributed by atoms with E-state index in [1.54, 1.807) is 0 Å². The molecule has 0 spiro atoms. The van der Waals surface area contributed by atoms with Crippen LogP contribution < -0.4 is 10.6 Å². The fourth-order valence-corrected chi connectivity index (χ4v) is 2.24. The molecule has 1 aliphatic rings. The first-order valence-corrected chi connectivity index (χ1v) is 6.13. The molecule has 1 aliphatic carbocycles. The van der Waals surface area contributed by atoms with Crippen LogP contribution in [0.2, 0.25) is 5.02 Å². The Morgan fingerprint density at radius 3 is 2.56 bits per heavy atom. The van der Waals surface area contributed by atoms with Crippen molar-refractivity contribution in [3.05, 3.63) is 28.8 Å². The van der Waals surface area contributed by atoms with Crippen molar-refractivity contribution in [2.45, 2.75) is 31.2 Å². The molecule has 3 heteroatoms. The van der Waals surface area contributed by atoms with Crippen LogP contribution in [0.1, 0.15) is 24.8 Å². The largest absolute Gasteiger partial charge is 0.376 e. The molecule has 2 nitrogen and oxygen atoms in total. The van der Waals surface area contributed by atoms with Gasteiger partial charge in [-0.3, -0.25) is 0 Å². The maximum atomic E-state index is 6.22. The average molecular weight is 239 g/mol. The summed E-state index contributed by atoms with van der Waals surface area (Å²) in [6.07, 6.45) is 4.46. The van der Waals surface area contributed by atoms with Crippen LogP contribution in [0.25, 0.3) is 0 Å². The van der Waals surface area contributed by atoms with Gasteiger partial charge in [0.15, 0.2) is 0 Å². The SMILES string of the molecule is CN(C)c1ccc(CCC2(N)CC2)cc1Cl. The predicted molar refractivity (Wildman–Crippen MR) is 70.3 cm³/mol. The highest BCUT2D eigenvalue weighted by molar-refractivity contribution is 6.33. The van der Waals surface area contributed by atoms with Crippen LogP contribution in [-0.2, 0) is 6.42 Å². The van der Waals surface area contributed by atoms with Crippen molar-refractivity contribution < 1.29 is 0 Å². The molecule has 0 bridgehead atoms. The minimum atomic E-state index is 0.132. The van der Waals surface area contributed by atoms with E-state index in [4.69, 9.17) is 17.3 Å². The number of hydrogen-bond acceptors (Lipinski definition) is 2. The molecule has 0 atom stereocenters. The molecule has 0 saturated heterocycles. The van der Waals surface area contributed by atoms with Crippen molar-refractivity contribution in [1.29, 1.82) is 0 Å². The van der Waals surface area contributed by atoms with Gasteiger partial charge in [0.1, 0.15) is 0 Å². The first kappa shape index (κ1) is 11.7. The third-order valence-electron chi connectivity index (χ3n) is 3.30. The zero-order chi connectivity index (χ0) is 11.8. The molecule has 88 valence electrons. The van der Waals surface area contributed by atoms with Crippen LogP contribution >= 0.6 is 11.6 Å². The second-order valence-electron chi connectivity index (χ2n) is 5.04. The zero-order valence-electron chi connectivity index (χ0n) is 9.96. The molecule has 0 heterocycles. The molecule has 0 amide bonds. The second kappa shape index (κ2) is 4.27. The Bertz CT molecular complexity index is 384. The topological polar surface area (TPSA) is 29.3 Å². The third-order valence-corrected chi connectivity index (χ3v) is 3.60. The van der Waals surface area contributed by atoms with Gasteiger partial charge in [0.2, 0.25) is 0 Å². The van der Waals surface area contributed by atoms with Crippen molar-refractivity contribution >= 4 is 17.3 Å². The fraction of sp³-hybridized carbons (Fsp3) is 0.538. The van der Waals surface area contributed by atoms with Gasteiger partial charge in [-0.25, -0.2) is 0 Å². The third kappa shape index (κ3) is 2.69. The molecule has 0 unspecified atom stereocenters. The summed E-state index contributed by atoms with van der Waals surface area (Å²) in [6, 6.07) is 6.28. The summed E-state index contributed by atoms with van der Waals surface area (Å²) in [5.41, 5.74) is 8.55. The quantitative estimate of drug-likeness (QED) is 0.874. The average Bonchev–Trinajstić information content (AvgIpc) is 2.94. The molecule has 2 N–H and O–H groups in total. The summed E-state index contributed by atoms with van der Waals surface area (Å²) >= 11 is 6.22. The number of benzene rings is 1. The molecular formula is C13H19ClN2. The number of rotatable bonds is 4. The number of hydrogen-bond donors (Lipinski definition) is 1. The summed E-state index contributed by atoms with van der Waals surface area (Å²) in [5.74, 6) is 0. The van der Waals surface area contributed by atoms with Gasteiger partial charge in [-0.1, -0.05) is 17.7 Å². The summed E-state index contributed by atoms with van der Waals surface area (Å²) in [5, 5.41) is 0.823. The highest BCUT2D eigenvalue weighted by Crippen LogP contribution is 2.37. The molecule has 16 heavy (non-hydrogen) atoms. The summed E-state index contributed by atoms with van der Waals surface area (Å²) in [4.78, 5) is 2.03. The molecule has 1 aromatic carbocycles. The Morgan fingerprint density at radius 2 is 2.06 bits per heavy atom. The Hall–Kier alpha value is -0.730. The van der Waals surface area contributed by atoms with Gasteiger partial charge >= 0.3 is 0 Å². The van der Waals surface area contributed by atoms with E-state index in [2.05, 4.69) is 18.2 Å².